The summed E-state index contributed by atoms with van der Waals surface area (Å²) >= 11 is 12.3. The van der Waals surface area contributed by atoms with Crippen molar-refractivity contribution in [1.82, 2.24) is 0 Å². The maximum absolute atomic E-state index is 9.78. The van der Waals surface area contributed by atoms with Gasteiger partial charge in [0.15, 0.2) is 0 Å². The molecular formula is C16H13Br2ClO4. The normalized spacial score (nSPS) is 11.3. The summed E-state index contributed by atoms with van der Waals surface area (Å²) in [6.07, 6.45) is 4.48. The van der Waals surface area contributed by atoms with Gasteiger partial charge >= 0.3 is 0 Å². The molecule has 0 unspecified atom stereocenters. The first kappa shape index (κ1) is 18.0. The Morgan fingerprint density at radius 2 is 1.35 bits per heavy atom. The van der Waals surface area contributed by atoms with E-state index in [4.69, 9.17) is 11.6 Å². The third-order valence-corrected chi connectivity index (χ3v) is 5.30. The predicted octanol–water partition coefficient (Wildman–Crippen LogP) is 5.03. The van der Waals surface area contributed by atoms with Crippen LogP contribution in [0.2, 0.25) is 5.02 Å². The molecule has 4 N–H and O–H groups in total. The van der Waals surface area contributed by atoms with Crippen molar-refractivity contribution in [3.05, 3.63) is 55.4 Å². The number of aromatic hydroxyl groups is 4. The Morgan fingerprint density at radius 1 is 0.783 bits per heavy atom. The van der Waals surface area contributed by atoms with E-state index >= 15 is 0 Å². The van der Waals surface area contributed by atoms with Crippen molar-refractivity contribution in [2.75, 3.05) is 0 Å². The van der Waals surface area contributed by atoms with Gasteiger partial charge in [-0.25, -0.2) is 0 Å². The minimum atomic E-state index is -0.0868. The summed E-state index contributed by atoms with van der Waals surface area (Å²) in [7, 11) is 0. The van der Waals surface area contributed by atoms with Crippen LogP contribution in [0.15, 0.2) is 39.3 Å². The molecule has 0 aliphatic heterocycles. The summed E-state index contributed by atoms with van der Waals surface area (Å²) in [4.78, 5) is 0. The molecule has 0 aromatic heterocycles. The molecular weight excluding hydrogens is 451 g/mol. The lowest BCUT2D eigenvalue weighted by atomic mass is 10.1. The third-order valence-electron chi connectivity index (χ3n) is 3.23. The molecule has 0 aliphatic rings. The largest absolute Gasteiger partial charge is 0.508 e. The van der Waals surface area contributed by atoms with Gasteiger partial charge < -0.3 is 20.4 Å². The summed E-state index contributed by atoms with van der Waals surface area (Å²) in [5.74, 6) is -0.171. The van der Waals surface area contributed by atoms with Crippen molar-refractivity contribution in [2.45, 2.75) is 12.8 Å². The summed E-state index contributed by atoms with van der Waals surface area (Å²) in [5, 5.41) is 38.9. The van der Waals surface area contributed by atoms with Crippen LogP contribution >= 0.6 is 43.5 Å². The Bertz CT molecular complexity index is 749. The van der Waals surface area contributed by atoms with Crippen LogP contribution < -0.4 is 0 Å². The Labute approximate surface area is 154 Å². The van der Waals surface area contributed by atoms with Crippen molar-refractivity contribution in [1.29, 1.82) is 0 Å². The molecule has 0 atom stereocenters. The van der Waals surface area contributed by atoms with E-state index in [0.29, 0.717) is 32.9 Å². The number of benzene rings is 2. The van der Waals surface area contributed by atoms with Crippen LogP contribution in [0.4, 0.5) is 0 Å². The van der Waals surface area contributed by atoms with Gasteiger partial charge in [-0.05, 0) is 56.3 Å². The summed E-state index contributed by atoms with van der Waals surface area (Å²) in [5.41, 5.74) is 1.24. The van der Waals surface area contributed by atoms with Crippen LogP contribution in [-0.4, -0.2) is 20.4 Å². The summed E-state index contributed by atoms with van der Waals surface area (Å²) < 4.78 is 0.998. The lowest BCUT2D eigenvalue weighted by Crippen LogP contribution is -1.89. The standard InChI is InChI=1S/C16H13Br2ClO4/c17-15-9(16(18)14(23)7-13(15)22)4-2-1-3-8-5-12(21)10(19)6-11(8)20/h1-2,5-7,20-23H,3-4H2/b2-1-. The second-order valence-electron chi connectivity index (χ2n) is 4.83. The molecule has 0 bridgehead atoms. The zero-order valence-corrected chi connectivity index (χ0v) is 15.7. The molecule has 0 fully saturated rings. The number of hydrogen-bond acceptors (Lipinski definition) is 4. The third kappa shape index (κ3) is 4.13. The van der Waals surface area contributed by atoms with Crippen LogP contribution in [0.1, 0.15) is 11.1 Å². The Kier molecular flexibility index (Phi) is 5.84. The molecule has 2 rings (SSSR count). The number of phenols is 4. The first-order valence-electron chi connectivity index (χ1n) is 6.55. The highest BCUT2D eigenvalue weighted by Crippen LogP contribution is 2.40. The summed E-state index contributed by atoms with van der Waals surface area (Å²) in [6.45, 7) is 0. The molecule has 7 heteroatoms. The van der Waals surface area contributed by atoms with Crippen LogP contribution in [0, 0.1) is 0 Å². The lowest BCUT2D eigenvalue weighted by molar-refractivity contribution is 0.445. The fourth-order valence-electron chi connectivity index (χ4n) is 2.01. The van der Waals surface area contributed by atoms with Gasteiger partial charge in [0, 0.05) is 17.7 Å². The first-order chi connectivity index (χ1) is 10.8. The van der Waals surface area contributed by atoms with Gasteiger partial charge in [0.05, 0.1) is 14.0 Å². The van der Waals surface area contributed by atoms with Gasteiger partial charge in [-0.3, -0.25) is 0 Å². The first-order valence-corrected chi connectivity index (χ1v) is 8.51. The molecule has 4 nitrogen and oxygen atoms in total. The van der Waals surface area contributed by atoms with Gasteiger partial charge in [-0.2, -0.15) is 0 Å². The monoisotopic (exact) mass is 462 g/mol. The van der Waals surface area contributed by atoms with E-state index in [2.05, 4.69) is 31.9 Å². The van der Waals surface area contributed by atoms with Crippen LogP contribution in [0.25, 0.3) is 0 Å². The second kappa shape index (κ2) is 7.47. The van der Waals surface area contributed by atoms with Crippen LogP contribution in [-0.2, 0) is 12.8 Å². The molecule has 0 spiro atoms. The average Bonchev–Trinajstić information content (AvgIpc) is 2.49. The van der Waals surface area contributed by atoms with Gasteiger partial charge in [-0.1, -0.05) is 23.8 Å². The van der Waals surface area contributed by atoms with Crippen molar-refractivity contribution >= 4 is 43.5 Å². The van der Waals surface area contributed by atoms with E-state index in [0.717, 1.165) is 0 Å². The lowest BCUT2D eigenvalue weighted by Gasteiger charge is -2.09. The Morgan fingerprint density at radius 3 is 1.96 bits per heavy atom. The van der Waals surface area contributed by atoms with Gasteiger partial charge in [-0.15, -0.1) is 0 Å². The molecule has 0 amide bonds. The number of phenolic OH excluding ortho intramolecular Hbond substituents is 4. The minimum Gasteiger partial charge on any atom is -0.508 e. The van der Waals surface area contributed by atoms with Crippen molar-refractivity contribution in [3.8, 4) is 23.0 Å². The molecule has 0 radical (unpaired) electrons. The van der Waals surface area contributed by atoms with E-state index < -0.39 is 0 Å². The highest BCUT2D eigenvalue weighted by molar-refractivity contribution is 9.11. The van der Waals surface area contributed by atoms with E-state index in [1.165, 1.54) is 18.2 Å². The minimum absolute atomic E-state index is 0.00908. The Hall–Kier alpha value is -1.37. The SMILES string of the molecule is Oc1cc(C/C=C\Cc2c(Br)c(O)cc(O)c2Br)c(O)cc1Cl. The van der Waals surface area contributed by atoms with Crippen molar-refractivity contribution in [3.63, 3.8) is 0 Å². The smallest absolute Gasteiger partial charge is 0.134 e. The number of hydrogen-bond donors (Lipinski definition) is 4. The van der Waals surface area contributed by atoms with E-state index in [9.17, 15) is 20.4 Å². The van der Waals surface area contributed by atoms with Gasteiger partial charge in [0.25, 0.3) is 0 Å². The average molecular weight is 465 g/mol. The summed E-state index contributed by atoms with van der Waals surface area (Å²) in [6, 6.07) is 3.95. The quantitative estimate of drug-likeness (QED) is 0.378. The van der Waals surface area contributed by atoms with Gasteiger partial charge in [0.2, 0.25) is 0 Å². The highest BCUT2D eigenvalue weighted by atomic mass is 79.9. The van der Waals surface area contributed by atoms with E-state index in [1.54, 1.807) is 0 Å². The Balaban J connectivity index is 2.14. The zero-order chi connectivity index (χ0) is 17.1. The maximum Gasteiger partial charge on any atom is 0.134 e. The van der Waals surface area contributed by atoms with Crippen molar-refractivity contribution in [2.24, 2.45) is 0 Å². The van der Waals surface area contributed by atoms with Crippen LogP contribution in [0.5, 0.6) is 23.0 Å². The molecule has 122 valence electrons. The fourth-order valence-corrected chi connectivity index (χ4v) is 3.38. The number of allylic oxidation sites excluding steroid dienone is 2. The van der Waals surface area contributed by atoms with Crippen LogP contribution in [0.3, 0.4) is 0 Å². The molecule has 0 aliphatic carbocycles. The second-order valence-corrected chi connectivity index (χ2v) is 6.83. The highest BCUT2D eigenvalue weighted by Gasteiger charge is 2.13. The molecule has 23 heavy (non-hydrogen) atoms. The van der Waals surface area contributed by atoms with Gasteiger partial charge in [0.1, 0.15) is 23.0 Å². The molecule has 2 aromatic rings. The molecule has 0 saturated carbocycles. The molecule has 0 saturated heterocycles. The zero-order valence-electron chi connectivity index (χ0n) is 11.7. The number of halogens is 3. The molecule has 0 heterocycles. The predicted molar refractivity (Wildman–Crippen MR) is 96.5 cm³/mol. The fraction of sp³-hybridized carbons (Fsp3) is 0.125. The van der Waals surface area contributed by atoms with E-state index in [-0.39, 0.29) is 28.0 Å². The number of rotatable bonds is 4. The maximum atomic E-state index is 9.78. The van der Waals surface area contributed by atoms with Crippen molar-refractivity contribution < 1.29 is 20.4 Å². The van der Waals surface area contributed by atoms with E-state index in [1.807, 2.05) is 12.2 Å². The topological polar surface area (TPSA) is 80.9 Å². The molecule has 2 aromatic carbocycles.